The van der Waals surface area contributed by atoms with Crippen LogP contribution in [0.25, 0.3) is 5.69 Å². The maximum Gasteiger partial charge on any atom is 0.309 e. The van der Waals surface area contributed by atoms with Crippen molar-refractivity contribution in [3.05, 3.63) is 50.5 Å². The molecule has 0 amide bonds. The zero-order valence-electron chi connectivity index (χ0n) is 8.23. The van der Waals surface area contributed by atoms with Gasteiger partial charge >= 0.3 is 11.1 Å². The fraction of sp³-hybridized carbons (Fsp3) is 0.182. The van der Waals surface area contributed by atoms with Crippen LogP contribution in [0.1, 0.15) is 12.5 Å². The largest absolute Gasteiger partial charge is 0.499 e. The van der Waals surface area contributed by atoms with E-state index in [9.17, 15) is 14.7 Å². The molecule has 0 aliphatic rings. The maximum absolute atomic E-state index is 11.1. The highest BCUT2D eigenvalue weighted by Crippen LogP contribution is 2.07. The van der Waals surface area contributed by atoms with Crippen molar-refractivity contribution in [3.8, 4) is 11.4 Å². The maximum atomic E-state index is 11.1. The van der Waals surface area contributed by atoms with Gasteiger partial charge in [0.2, 0.25) is 5.75 Å². The van der Waals surface area contributed by atoms with E-state index in [1.54, 1.807) is 12.4 Å². The van der Waals surface area contributed by atoms with Gasteiger partial charge in [-0.1, -0.05) is 6.92 Å². The Morgan fingerprint density at radius 2 is 1.80 bits per heavy atom. The number of nitrogens with zero attached hydrogens (tertiary/aromatic N) is 1. The Morgan fingerprint density at radius 1 is 1.20 bits per heavy atom. The fourth-order valence-electron chi connectivity index (χ4n) is 1.45. The topological polar surface area (TPSA) is 58.2 Å². The van der Waals surface area contributed by atoms with E-state index in [1.807, 2.05) is 19.1 Å². The number of pyridine rings is 1. The summed E-state index contributed by atoms with van der Waals surface area (Å²) in [5.41, 5.74) is -0.258. The van der Waals surface area contributed by atoms with E-state index >= 15 is 0 Å². The minimum atomic E-state index is -0.808. The second-order valence-corrected chi connectivity index (χ2v) is 3.32. The predicted octanol–water partition coefficient (Wildman–Crippen LogP) is -0.173. The lowest BCUT2D eigenvalue weighted by molar-refractivity contribution is -0.598. The summed E-state index contributed by atoms with van der Waals surface area (Å²) in [5.74, 6) is -0.450. The molecular formula is C11H10NO3+. The summed E-state index contributed by atoms with van der Waals surface area (Å²) in [6.45, 7) is 2.02. The zero-order valence-corrected chi connectivity index (χ0v) is 8.23. The van der Waals surface area contributed by atoms with Crippen LogP contribution >= 0.6 is 0 Å². The Labute approximate surface area is 85.7 Å². The highest BCUT2D eigenvalue weighted by atomic mass is 16.3. The van der Waals surface area contributed by atoms with E-state index in [2.05, 4.69) is 0 Å². The molecule has 1 N–H and O–H groups in total. The van der Waals surface area contributed by atoms with Crippen LogP contribution in [0, 0.1) is 0 Å². The van der Waals surface area contributed by atoms with Gasteiger partial charge in [0.15, 0.2) is 12.4 Å². The van der Waals surface area contributed by atoms with Gasteiger partial charge in [-0.3, -0.25) is 9.59 Å². The monoisotopic (exact) mass is 204 g/mol. The smallest absolute Gasteiger partial charge is 0.309 e. The molecule has 2 rings (SSSR count). The van der Waals surface area contributed by atoms with Crippen LogP contribution in [0.15, 0.2) is 34.1 Å². The molecule has 0 atom stereocenters. The summed E-state index contributed by atoms with van der Waals surface area (Å²) in [4.78, 5) is 21.9. The van der Waals surface area contributed by atoms with Gasteiger partial charge in [-0.2, -0.15) is 4.57 Å². The van der Waals surface area contributed by atoms with Gasteiger partial charge in [-0.15, -0.1) is 0 Å². The molecule has 0 fully saturated rings. The van der Waals surface area contributed by atoms with E-state index in [0.717, 1.165) is 12.0 Å². The Hall–Kier alpha value is -1.97. The molecule has 0 aliphatic carbocycles. The second-order valence-electron chi connectivity index (χ2n) is 3.32. The Bertz CT molecular complexity index is 562. The number of hydrogen-bond donors (Lipinski definition) is 1. The van der Waals surface area contributed by atoms with Crippen molar-refractivity contribution < 1.29 is 9.67 Å². The van der Waals surface area contributed by atoms with Crippen LogP contribution < -0.4 is 15.4 Å². The minimum Gasteiger partial charge on any atom is -0.499 e. The molecule has 1 heterocycles. The summed E-state index contributed by atoms with van der Waals surface area (Å²) in [5, 5.41) is 9.21. The summed E-state index contributed by atoms with van der Waals surface area (Å²) in [7, 11) is 0. The number of aromatic nitrogens is 1. The molecule has 0 spiro atoms. The molecule has 0 radical (unpaired) electrons. The Balaban J connectivity index is 2.48. The van der Waals surface area contributed by atoms with E-state index in [-0.39, 0.29) is 5.69 Å². The van der Waals surface area contributed by atoms with Gasteiger partial charge in [0.05, 0.1) is 0 Å². The van der Waals surface area contributed by atoms with E-state index in [4.69, 9.17) is 0 Å². The standard InChI is InChI=1S/C11H9NO3/c1-2-7-3-5-12(6-4-7)8-9(13)11(15)10(8)14/h3-6H,2H2,1H3/p+1. The average molecular weight is 204 g/mol. The van der Waals surface area contributed by atoms with E-state index in [1.165, 1.54) is 4.57 Å². The number of rotatable bonds is 2. The molecule has 1 aromatic carbocycles. The van der Waals surface area contributed by atoms with Gasteiger partial charge in [0.25, 0.3) is 5.43 Å². The van der Waals surface area contributed by atoms with Crippen molar-refractivity contribution >= 4 is 0 Å². The van der Waals surface area contributed by atoms with Gasteiger partial charge in [-0.05, 0) is 12.0 Å². The predicted molar refractivity (Wildman–Crippen MR) is 53.9 cm³/mol. The SMILES string of the molecule is CCc1cc[n+](-c2c(O)c(=O)c2=O)cc1. The first-order valence-electron chi connectivity index (χ1n) is 4.68. The average Bonchev–Trinajstić information content (AvgIpc) is 2.30. The third-order valence-electron chi connectivity index (χ3n) is 2.43. The van der Waals surface area contributed by atoms with Crippen molar-refractivity contribution in [1.82, 2.24) is 0 Å². The van der Waals surface area contributed by atoms with Crippen molar-refractivity contribution in [2.45, 2.75) is 13.3 Å². The van der Waals surface area contributed by atoms with Crippen molar-refractivity contribution in [1.29, 1.82) is 0 Å². The van der Waals surface area contributed by atoms with Crippen LogP contribution in [0.4, 0.5) is 0 Å². The summed E-state index contributed by atoms with van der Waals surface area (Å²) >= 11 is 0. The van der Waals surface area contributed by atoms with Crippen LogP contribution in [0.5, 0.6) is 5.75 Å². The third kappa shape index (κ3) is 1.34. The first-order valence-corrected chi connectivity index (χ1v) is 4.68. The lowest BCUT2D eigenvalue weighted by Gasteiger charge is -1.99. The number of aromatic hydroxyl groups is 1. The molecule has 4 heteroatoms. The second kappa shape index (κ2) is 3.31. The molecule has 0 saturated heterocycles. The van der Waals surface area contributed by atoms with Gasteiger partial charge in [0, 0.05) is 12.1 Å². The molecule has 4 nitrogen and oxygen atoms in total. The summed E-state index contributed by atoms with van der Waals surface area (Å²) in [6, 6.07) is 3.69. The quantitative estimate of drug-likeness (QED) is 0.545. The van der Waals surface area contributed by atoms with Crippen LogP contribution in [-0.4, -0.2) is 5.11 Å². The molecular weight excluding hydrogens is 194 g/mol. The third-order valence-corrected chi connectivity index (χ3v) is 2.43. The van der Waals surface area contributed by atoms with Gasteiger partial charge in [0.1, 0.15) is 0 Å². The lowest BCUT2D eigenvalue weighted by Crippen LogP contribution is -2.46. The van der Waals surface area contributed by atoms with Crippen LogP contribution in [0.3, 0.4) is 0 Å². The summed E-state index contributed by atoms with van der Waals surface area (Å²) in [6.07, 6.45) is 4.22. The molecule has 0 unspecified atom stereocenters. The van der Waals surface area contributed by atoms with Crippen molar-refractivity contribution in [2.75, 3.05) is 0 Å². The zero-order chi connectivity index (χ0) is 11.0. The van der Waals surface area contributed by atoms with E-state index in [0.29, 0.717) is 0 Å². The van der Waals surface area contributed by atoms with Crippen molar-refractivity contribution in [2.24, 2.45) is 0 Å². The lowest BCUT2D eigenvalue weighted by atomic mass is 10.2. The van der Waals surface area contributed by atoms with Crippen LogP contribution in [-0.2, 0) is 6.42 Å². The van der Waals surface area contributed by atoms with Crippen LogP contribution in [0.2, 0.25) is 0 Å². The highest BCUT2D eigenvalue weighted by Gasteiger charge is 2.28. The molecule has 76 valence electrons. The number of hydrogen-bond acceptors (Lipinski definition) is 3. The highest BCUT2D eigenvalue weighted by molar-refractivity contribution is 5.44. The molecule has 0 saturated carbocycles. The molecule has 1 aromatic heterocycles. The minimum absolute atomic E-state index is 0.0580. The normalized spacial score (nSPS) is 10.7. The Kier molecular flexibility index (Phi) is 2.11. The van der Waals surface area contributed by atoms with E-state index < -0.39 is 16.6 Å². The first kappa shape index (κ1) is 9.58. The summed E-state index contributed by atoms with van der Waals surface area (Å²) < 4.78 is 1.46. The van der Waals surface area contributed by atoms with Gasteiger partial charge in [-0.25, -0.2) is 0 Å². The molecule has 0 aliphatic heterocycles. The first-order chi connectivity index (χ1) is 7.15. The molecule has 0 bridgehead atoms. The van der Waals surface area contributed by atoms with Crippen molar-refractivity contribution in [3.63, 3.8) is 0 Å². The molecule has 2 aromatic rings. The molecule has 15 heavy (non-hydrogen) atoms. The fourth-order valence-corrected chi connectivity index (χ4v) is 1.45. The van der Waals surface area contributed by atoms with Gasteiger partial charge < -0.3 is 5.11 Å². The number of aryl methyl sites for hydroxylation is 1. The Morgan fingerprint density at radius 3 is 2.27 bits per heavy atom.